The minimum Gasteiger partial charge on any atom is -0.496 e. The third kappa shape index (κ3) is 3.78. The van der Waals surface area contributed by atoms with E-state index in [1.807, 2.05) is 50.2 Å². The molecule has 0 saturated carbocycles. The number of aromatic nitrogens is 1. The number of rotatable bonds is 4. The van der Waals surface area contributed by atoms with Gasteiger partial charge in [-0.3, -0.25) is 4.79 Å². The van der Waals surface area contributed by atoms with Crippen LogP contribution in [-0.2, 0) is 6.54 Å². The fourth-order valence-corrected chi connectivity index (χ4v) is 4.38. The topological polar surface area (TPSA) is 90.3 Å². The van der Waals surface area contributed by atoms with E-state index >= 15 is 0 Å². The molecule has 0 amide bonds. The standard InChI is InChI=1S/C25H22BrN3O3/c1-14-4-6-16(7-5-14)13-29-15(2)10-21-23(25(29)30)22(19(12-27)24(28)32-21)18-11-17(26)8-9-20(18)31-3/h4-11,22H,13,28H2,1-3H3/t22-/m1/s1. The highest BCUT2D eigenvalue weighted by Gasteiger charge is 2.36. The Morgan fingerprint density at radius 2 is 1.91 bits per heavy atom. The maximum atomic E-state index is 13.8. The lowest BCUT2D eigenvalue weighted by Crippen LogP contribution is -2.33. The van der Waals surface area contributed by atoms with Crippen molar-refractivity contribution in [3.05, 3.63) is 103 Å². The van der Waals surface area contributed by atoms with Gasteiger partial charge < -0.3 is 19.8 Å². The van der Waals surface area contributed by atoms with E-state index in [0.29, 0.717) is 29.2 Å². The zero-order valence-corrected chi connectivity index (χ0v) is 19.6. The van der Waals surface area contributed by atoms with Crippen LogP contribution in [0.3, 0.4) is 0 Å². The van der Waals surface area contributed by atoms with Crippen LogP contribution in [0.2, 0.25) is 0 Å². The summed E-state index contributed by atoms with van der Waals surface area (Å²) in [5, 5.41) is 9.90. The predicted octanol–water partition coefficient (Wildman–Crippen LogP) is 4.50. The maximum absolute atomic E-state index is 13.8. The number of hydrogen-bond donors (Lipinski definition) is 1. The highest BCUT2D eigenvalue weighted by molar-refractivity contribution is 9.10. The summed E-state index contributed by atoms with van der Waals surface area (Å²) in [6.07, 6.45) is 0. The van der Waals surface area contributed by atoms with Crippen LogP contribution in [0, 0.1) is 25.2 Å². The van der Waals surface area contributed by atoms with Crippen molar-refractivity contribution in [1.29, 1.82) is 5.26 Å². The molecule has 2 aromatic carbocycles. The Bertz CT molecular complexity index is 1330. The molecule has 1 aliphatic rings. The molecular formula is C25H22BrN3O3. The molecule has 6 nitrogen and oxygen atoms in total. The zero-order valence-electron chi connectivity index (χ0n) is 18.0. The van der Waals surface area contributed by atoms with Gasteiger partial charge in [-0.1, -0.05) is 45.8 Å². The Labute approximate surface area is 194 Å². The number of ether oxygens (including phenoxy) is 2. The summed E-state index contributed by atoms with van der Waals surface area (Å²) in [6, 6.07) is 17.5. The summed E-state index contributed by atoms with van der Waals surface area (Å²) in [7, 11) is 1.55. The summed E-state index contributed by atoms with van der Waals surface area (Å²) >= 11 is 3.48. The van der Waals surface area contributed by atoms with Gasteiger partial charge in [0, 0.05) is 21.8 Å². The van der Waals surface area contributed by atoms with Crippen molar-refractivity contribution >= 4 is 15.9 Å². The Morgan fingerprint density at radius 3 is 2.56 bits per heavy atom. The SMILES string of the molecule is COc1ccc(Br)cc1[C@@H]1C(C#N)=C(N)Oc2cc(C)n(Cc3ccc(C)cc3)c(=O)c21. The van der Waals surface area contributed by atoms with E-state index in [1.165, 1.54) is 0 Å². The summed E-state index contributed by atoms with van der Waals surface area (Å²) in [6.45, 7) is 4.28. The number of nitriles is 1. The first kappa shape index (κ1) is 21.7. The second-order valence-electron chi connectivity index (χ2n) is 7.75. The summed E-state index contributed by atoms with van der Waals surface area (Å²) < 4.78 is 13.8. The van der Waals surface area contributed by atoms with Gasteiger partial charge >= 0.3 is 0 Å². The lowest BCUT2D eigenvalue weighted by atomic mass is 9.83. The average Bonchev–Trinajstić information content (AvgIpc) is 2.77. The van der Waals surface area contributed by atoms with Gasteiger partial charge in [0.1, 0.15) is 23.1 Å². The summed E-state index contributed by atoms with van der Waals surface area (Å²) in [4.78, 5) is 13.8. The largest absolute Gasteiger partial charge is 0.496 e. The number of hydrogen-bond acceptors (Lipinski definition) is 5. The first-order chi connectivity index (χ1) is 15.3. The van der Waals surface area contributed by atoms with Crippen molar-refractivity contribution in [2.75, 3.05) is 7.11 Å². The van der Waals surface area contributed by atoms with Crippen LogP contribution in [0.25, 0.3) is 0 Å². The second-order valence-corrected chi connectivity index (χ2v) is 8.67. The van der Waals surface area contributed by atoms with E-state index in [0.717, 1.165) is 21.3 Å². The molecule has 7 heteroatoms. The molecule has 0 aliphatic carbocycles. The van der Waals surface area contributed by atoms with Gasteiger partial charge in [0.05, 0.1) is 25.1 Å². The van der Waals surface area contributed by atoms with E-state index in [9.17, 15) is 10.1 Å². The van der Waals surface area contributed by atoms with Crippen LogP contribution in [0.5, 0.6) is 11.5 Å². The van der Waals surface area contributed by atoms with Crippen LogP contribution >= 0.6 is 15.9 Å². The van der Waals surface area contributed by atoms with Crippen LogP contribution in [0.4, 0.5) is 0 Å². The van der Waals surface area contributed by atoms with Crippen molar-refractivity contribution in [2.24, 2.45) is 5.73 Å². The van der Waals surface area contributed by atoms with Gasteiger partial charge in [-0.2, -0.15) is 5.26 Å². The number of nitrogens with zero attached hydrogens (tertiary/aromatic N) is 2. The predicted molar refractivity (Wildman–Crippen MR) is 126 cm³/mol. The molecule has 0 spiro atoms. The third-order valence-corrected chi connectivity index (χ3v) is 6.15. The van der Waals surface area contributed by atoms with Crippen LogP contribution < -0.4 is 20.8 Å². The van der Waals surface area contributed by atoms with Crippen molar-refractivity contribution in [1.82, 2.24) is 4.57 Å². The smallest absolute Gasteiger partial charge is 0.259 e. The number of halogens is 1. The van der Waals surface area contributed by atoms with Crippen LogP contribution in [-0.4, -0.2) is 11.7 Å². The molecule has 162 valence electrons. The Balaban J connectivity index is 1.96. The van der Waals surface area contributed by atoms with Gasteiger partial charge in [-0.25, -0.2) is 0 Å². The van der Waals surface area contributed by atoms with Gasteiger partial charge in [0.25, 0.3) is 5.56 Å². The minimum absolute atomic E-state index is 0.0119. The monoisotopic (exact) mass is 491 g/mol. The number of nitrogens with two attached hydrogens (primary N) is 1. The average molecular weight is 492 g/mol. The van der Waals surface area contributed by atoms with Gasteiger partial charge in [0.15, 0.2) is 0 Å². The van der Waals surface area contributed by atoms with Crippen LogP contribution in [0.1, 0.15) is 33.9 Å². The van der Waals surface area contributed by atoms with Crippen molar-refractivity contribution in [2.45, 2.75) is 26.3 Å². The van der Waals surface area contributed by atoms with E-state index in [-0.39, 0.29) is 17.0 Å². The van der Waals surface area contributed by atoms with E-state index in [2.05, 4.69) is 22.0 Å². The molecule has 2 heterocycles. The normalized spacial score (nSPS) is 15.0. The number of fused-ring (bicyclic) bond motifs is 1. The Kier molecular flexibility index (Phi) is 5.81. The molecule has 0 bridgehead atoms. The molecule has 1 aliphatic heterocycles. The lowest BCUT2D eigenvalue weighted by Gasteiger charge is -2.28. The number of methoxy groups -OCH3 is 1. The molecule has 1 aromatic heterocycles. The molecule has 3 aromatic rings. The number of aryl methyl sites for hydroxylation is 2. The van der Waals surface area contributed by atoms with Crippen molar-refractivity contribution in [3.8, 4) is 17.6 Å². The Hall–Kier alpha value is -3.50. The lowest BCUT2D eigenvalue weighted by molar-refractivity contribution is 0.382. The third-order valence-electron chi connectivity index (χ3n) is 5.65. The summed E-state index contributed by atoms with van der Waals surface area (Å²) in [5.74, 6) is 0.184. The first-order valence-electron chi connectivity index (χ1n) is 10.0. The molecule has 32 heavy (non-hydrogen) atoms. The molecule has 4 rings (SSSR count). The second kappa shape index (κ2) is 8.56. The minimum atomic E-state index is -0.714. The van der Waals surface area contributed by atoms with Crippen molar-refractivity contribution < 1.29 is 9.47 Å². The van der Waals surface area contributed by atoms with E-state index in [4.69, 9.17) is 15.2 Å². The van der Waals surface area contributed by atoms with E-state index < -0.39 is 5.92 Å². The highest BCUT2D eigenvalue weighted by atomic mass is 79.9. The fourth-order valence-electron chi connectivity index (χ4n) is 4.00. The fraction of sp³-hybridized carbons (Fsp3) is 0.200. The molecule has 1 atom stereocenters. The number of allylic oxidation sites excluding steroid dienone is 1. The Morgan fingerprint density at radius 1 is 1.19 bits per heavy atom. The number of pyridine rings is 1. The van der Waals surface area contributed by atoms with Gasteiger partial charge in [0.2, 0.25) is 5.88 Å². The quantitative estimate of drug-likeness (QED) is 0.579. The molecule has 0 fully saturated rings. The molecule has 0 saturated heterocycles. The number of benzene rings is 2. The molecular weight excluding hydrogens is 470 g/mol. The molecule has 2 N–H and O–H groups in total. The van der Waals surface area contributed by atoms with Crippen LogP contribution in [0.15, 0.2) is 69.3 Å². The van der Waals surface area contributed by atoms with E-state index in [1.54, 1.807) is 23.8 Å². The summed E-state index contributed by atoms with van der Waals surface area (Å²) in [5.41, 5.74) is 9.98. The zero-order chi connectivity index (χ0) is 23.0. The van der Waals surface area contributed by atoms with Gasteiger partial charge in [-0.15, -0.1) is 0 Å². The molecule has 0 unspecified atom stereocenters. The van der Waals surface area contributed by atoms with Gasteiger partial charge in [-0.05, 0) is 37.6 Å². The highest BCUT2D eigenvalue weighted by Crippen LogP contribution is 2.44. The first-order valence-corrected chi connectivity index (χ1v) is 10.8. The maximum Gasteiger partial charge on any atom is 0.259 e. The van der Waals surface area contributed by atoms with Crippen molar-refractivity contribution in [3.63, 3.8) is 0 Å². The molecule has 0 radical (unpaired) electrons.